The summed E-state index contributed by atoms with van der Waals surface area (Å²) in [6.45, 7) is 4.24. The summed E-state index contributed by atoms with van der Waals surface area (Å²) in [4.78, 5) is 4.36. The fraction of sp³-hybridized carbons (Fsp3) is 0.231. The van der Waals surface area contributed by atoms with Crippen LogP contribution in [0.4, 0.5) is 5.82 Å². The third kappa shape index (κ3) is 2.25. The van der Waals surface area contributed by atoms with E-state index in [1.165, 1.54) is 0 Å². The number of nitrogens with two attached hydrogens (primary N) is 1. The summed E-state index contributed by atoms with van der Waals surface area (Å²) < 4.78 is 6.91. The van der Waals surface area contributed by atoms with Crippen molar-refractivity contribution in [3.05, 3.63) is 41.3 Å². The highest BCUT2D eigenvalue weighted by Crippen LogP contribution is 2.18. The lowest BCUT2D eigenvalue weighted by Gasteiger charge is -1.97. The van der Waals surface area contributed by atoms with Gasteiger partial charge in [-0.25, -0.2) is 4.68 Å². The first-order chi connectivity index (χ1) is 9.63. The molecule has 7 heteroatoms. The average Bonchev–Trinajstić information content (AvgIpc) is 3.01. The predicted octanol–water partition coefficient (Wildman–Crippen LogP) is 1.58. The molecule has 0 unspecified atom stereocenters. The molecule has 0 aliphatic rings. The summed E-state index contributed by atoms with van der Waals surface area (Å²) >= 11 is 0. The number of aryl methyl sites for hydroxylation is 1. The van der Waals surface area contributed by atoms with Gasteiger partial charge in [-0.1, -0.05) is 28.1 Å². The van der Waals surface area contributed by atoms with Crippen LogP contribution >= 0.6 is 0 Å². The van der Waals surface area contributed by atoms with Crippen LogP contribution in [0.5, 0.6) is 0 Å². The summed E-state index contributed by atoms with van der Waals surface area (Å²) in [6, 6.07) is 7.90. The van der Waals surface area contributed by atoms with Gasteiger partial charge < -0.3 is 10.3 Å². The fourth-order valence-corrected chi connectivity index (χ4v) is 1.87. The number of aromatic nitrogens is 5. The normalized spacial score (nSPS) is 10.9. The van der Waals surface area contributed by atoms with Crippen LogP contribution in [0.25, 0.3) is 11.5 Å². The Morgan fingerprint density at radius 1 is 1.30 bits per heavy atom. The molecule has 2 aromatic heterocycles. The monoisotopic (exact) mass is 270 g/mol. The number of hydrogen-bond donors (Lipinski definition) is 1. The summed E-state index contributed by atoms with van der Waals surface area (Å²) in [5.41, 5.74) is 8.48. The Labute approximate surface area is 115 Å². The molecule has 7 nitrogen and oxygen atoms in total. The van der Waals surface area contributed by atoms with Crippen LogP contribution in [-0.2, 0) is 6.54 Å². The van der Waals surface area contributed by atoms with E-state index in [9.17, 15) is 0 Å². The van der Waals surface area contributed by atoms with Crippen molar-refractivity contribution in [2.24, 2.45) is 0 Å². The highest BCUT2D eigenvalue weighted by Gasteiger charge is 2.12. The Morgan fingerprint density at radius 3 is 2.85 bits per heavy atom. The first kappa shape index (κ1) is 12.3. The second-order valence-corrected chi connectivity index (χ2v) is 4.60. The molecule has 0 atom stereocenters. The Hall–Kier alpha value is -2.70. The first-order valence-corrected chi connectivity index (χ1v) is 6.18. The van der Waals surface area contributed by atoms with E-state index in [0.29, 0.717) is 24.1 Å². The standard InChI is InChI=1S/C13H14N6O/c1-8-4-3-5-10(6-8)13-15-11(17-20-13)7-19-9(2)12(14)16-18-19/h3-6H,7,14H2,1-2H3. The quantitative estimate of drug-likeness (QED) is 0.776. The van der Waals surface area contributed by atoms with Gasteiger partial charge in [0.1, 0.15) is 6.54 Å². The Balaban J connectivity index is 1.85. The van der Waals surface area contributed by atoms with Crippen molar-refractivity contribution < 1.29 is 4.52 Å². The van der Waals surface area contributed by atoms with Crippen molar-refractivity contribution in [3.63, 3.8) is 0 Å². The van der Waals surface area contributed by atoms with E-state index in [1.54, 1.807) is 4.68 Å². The lowest BCUT2D eigenvalue weighted by Crippen LogP contribution is -2.05. The topological polar surface area (TPSA) is 95.7 Å². The molecule has 0 bridgehead atoms. The fourth-order valence-electron chi connectivity index (χ4n) is 1.87. The molecule has 0 amide bonds. The summed E-state index contributed by atoms with van der Waals surface area (Å²) in [7, 11) is 0. The number of anilines is 1. The third-order valence-corrected chi connectivity index (χ3v) is 3.04. The van der Waals surface area contributed by atoms with Crippen molar-refractivity contribution >= 4 is 5.82 Å². The largest absolute Gasteiger partial charge is 0.381 e. The summed E-state index contributed by atoms with van der Waals surface area (Å²) in [5.74, 6) is 1.44. The molecule has 0 radical (unpaired) electrons. The minimum absolute atomic E-state index is 0.380. The molecule has 0 saturated heterocycles. The van der Waals surface area contributed by atoms with E-state index >= 15 is 0 Å². The van der Waals surface area contributed by atoms with Gasteiger partial charge in [-0.15, -0.1) is 5.10 Å². The third-order valence-electron chi connectivity index (χ3n) is 3.04. The zero-order valence-corrected chi connectivity index (χ0v) is 11.2. The molecule has 20 heavy (non-hydrogen) atoms. The molecule has 3 rings (SSSR count). The lowest BCUT2D eigenvalue weighted by atomic mass is 10.1. The molecule has 0 saturated carbocycles. The highest BCUT2D eigenvalue weighted by atomic mass is 16.5. The van der Waals surface area contributed by atoms with Crippen molar-refractivity contribution in [1.82, 2.24) is 25.1 Å². The molecule has 1 aromatic carbocycles. The molecule has 2 N–H and O–H groups in total. The number of nitrogen functional groups attached to an aromatic ring is 1. The molecule has 0 aliphatic heterocycles. The van der Waals surface area contributed by atoms with Gasteiger partial charge in [0, 0.05) is 5.56 Å². The first-order valence-electron chi connectivity index (χ1n) is 6.18. The Kier molecular flexibility index (Phi) is 2.94. The van der Waals surface area contributed by atoms with Crippen molar-refractivity contribution in [3.8, 4) is 11.5 Å². The zero-order valence-electron chi connectivity index (χ0n) is 11.2. The van der Waals surface area contributed by atoms with Gasteiger partial charge in [-0.3, -0.25) is 0 Å². The molecular formula is C13H14N6O. The number of hydrogen-bond acceptors (Lipinski definition) is 6. The maximum atomic E-state index is 5.65. The zero-order chi connectivity index (χ0) is 14.1. The molecule has 102 valence electrons. The number of benzene rings is 1. The molecule has 2 heterocycles. The van der Waals surface area contributed by atoms with E-state index in [0.717, 1.165) is 16.8 Å². The van der Waals surface area contributed by atoms with Crippen LogP contribution in [0.1, 0.15) is 17.1 Å². The van der Waals surface area contributed by atoms with Crippen LogP contribution in [0.3, 0.4) is 0 Å². The van der Waals surface area contributed by atoms with Crippen molar-refractivity contribution in [2.75, 3.05) is 5.73 Å². The second kappa shape index (κ2) is 4.76. The van der Waals surface area contributed by atoms with E-state index in [4.69, 9.17) is 10.3 Å². The molecular weight excluding hydrogens is 256 g/mol. The smallest absolute Gasteiger partial charge is 0.257 e. The summed E-state index contributed by atoms with van der Waals surface area (Å²) in [6.07, 6.45) is 0. The SMILES string of the molecule is Cc1cccc(-c2nc(Cn3nnc(N)c3C)no2)c1. The van der Waals surface area contributed by atoms with Crippen LogP contribution in [0, 0.1) is 13.8 Å². The van der Waals surface area contributed by atoms with E-state index in [-0.39, 0.29) is 0 Å². The van der Waals surface area contributed by atoms with Gasteiger partial charge in [0.2, 0.25) is 0 Å². The molecule has 3 aromatic rings. The molecule has 0 spiro atoms. The molecule has 0 aliphatic carbocycles. The van der Waals surface area contributed by atoms with Gasteiger partial charge in [0.25, 0.3) is 5.89 Å². The minimum Gasteiger partial charge on any atom is -0.381 e. The minimum atomic E-state index is 0.380. The van der Waals surface area contributed by atoms with E-state index < -0.39 is 0 Å². The van der Waals surface area contributed by atoms with E-state index in [2.05, 4.69) is 20.5 Å². The number of rotatable bonds is 3. The van der Waals surface area contributed by atoms with Crippen LogP contribution in [0.2, 0.25) is 0 Å². The maximum Gasteiger partial charge on any atom is 0.257 e. The Morgan fingerprint density at radius 2 is 2.15 bits per heavy atom. The van der Waals surface area contributed by atoms with Crippen molar-refractivity contribution in [1.29, 1.82) is 0 Å². The maximum absolute atomic E-state index is 5.65. The lowest BCUT2D eigenvalue weighted by molar-refractivity contribution is 0.418. The van der Waals surface area contributed by atoms with Crippen LogP contribution in [-0.4, -0.2) is 25.1 Å². The Bertz CT molecular complexity index is 745. The number of nitrogens with zero attached hydrogens (tertiary/aromatic N) is 5. The van der Waals surface area contributed by atoms with Gasteiger partial charge in [-0.05, 0) is 26.0 Å². The van der Waals surface area contributed by atoms with E-state index in [1.807, 2.05) is 38.1 Å². The van der Waals surface area contributed by atoms with Gasteiger partial charge in [0.05, 0.1) is 5.69 Å². The average molecular weight is 270 g/mol. The summed E-state index contributed by atoms with van der Waals surface area (Å²) in [5, 5.41) is 11.7. The second-order valence-electron chi connectivity index (χ2n) is 4.60. The van der Waals surface area contributed by atoms with Crippen molar-refractivity contribution in [2.45, 2.75) is 20.4 Å². The molecule has 0 fully saturated rings. The van der Waals surface area contributed by atoms with Gasteiger partial charge >= 0.3 is 0 Å². The van der Waals surface area contributed by atoms with Gasteiger partial charge in [-0.2, -0.15) is 4.98 Å². The van der Waals surface area contributed by atoms with Gasteiger partial charge in [0.15, 0.2) is 11.6 Å². The highest BCUT2D eigenvalue weighted by molar-refractivity contribution is 5.53. The van der Waals surface area contributed by atoms with Crippen LogP contribution in [0.15, 0.2) is 28.8 Å². The van der Waals surface area contributed by atoms with Crippen LogP contribution < -0.4 is 5.73 Å². The predicted molar refractivity (Wildman–Crippen MR) is 72.7 cm³/mol.